The summed E-state index contributed by atoms with van der Waals surface area (Å²) in [5.41, 5.74) is 9.08. The molecule has 1 aliphatic heterocycles. The number of nitrogens with zero attached hydrogens (tertiary/aromatic N) is 2. The van der Waals surface area contributed by atoms with Crippen LogP contribution in [0.25, 0.3) is 0 Å². The molecule has 0 atom stereocenters. The summed E-state index contributed by atoms with van der Waals surface area (Å²) in [6.45, 7) is 2.55. The Hall–Kier alpha value is -2.23. The second kappa shape index (κ2) is 5.41. The Morgan fingerprint density at radius 3 is 2.85 bits per heavy atom. The molecule has 104 valence electrons. The molecule has 1 aromatic carbocycles. The average Bonchev–Trinajstić information content (AvgIpc) is 2.48. The van der Waals surface area contributed by atoms with Gasteiger partial charge in [-0.1, -0.05) is 18.2 Å². The number of aryl methyl sites for hydroxylation is 1. The van der Waals surface area contributed by atoms with Gasteiger partial charge in [-0.2, -0.15) is 0 Å². The fourth-order valence-electron chi connectivity index (χ4n) is 2.80. The van der Waals surface area contributed by atoms with Gasteiger partial charge in [-0.3, -0.25) is 4.79 Å². The molecule has 1 aliphatic rings. The van der Waals surface area contributed by atoms with Crippen molar-refractivity contribution >= 4 is 11.4 Å². The minimum atomic E-state index is 0.00416. The molecule has 0 unspecified atom stereocenters. The Kier molecular flexibility index (Phi) is 3.46. The van der Waals surface area contributed by atoms with Gasteiger partial charge in [0.15, 0.2) is 0 Å². The number of pyridine rings is 1. The zero-order valence-corrected chi connectivity index (χ0v) is 11.5. The summed E-state index contributed by atoms with van der Waals surface area (Å²) in [5, 5.41) is 0. The fraction of sp³-hybridized carbons (Fsp3) is 0.312. The Balaban J connectivity index is 1.76. The van der Waals surface area contributed by atoms with Crippen molar-refractivity contribution in [3.63, 3.8) is 0 Å². The number of aromatic nitrogens is 1. The molecule has 20 heavy (non-hydrogen) atoms. The minimum absolute atomic E-state index is 0.00416. The van der Waals surface area contributed by atoms with E-state index in [1.54, 1.807) is 16.8 Å². The second-order valence-electron chi connectivity index (χ2n) is 5.21. The Bertz CT molecular complexity index is 663. The van der Waals surface area contributed by atoms with Crippen molar-refractivity contribution in [2.75, 3.05) is 23.7 Å². The second-order valence-corrected chi connectivity index (χ2v) is 5.21. The molecular weight excluding hydrogens is 250 g/mol. The third-order valence-electron chi connectivity index (χ3n) is 3.82. The Labute approximate surface area is 118 Å². The quantitative estimate of drug-likeness (QED) is 0.925. The standard InChI is InChI=1S/C16H19N3O/c17-14-7-8-16(20)19(12-14)11-10-18-9-3-5-13-4-1-2-6-15(13)18/h1-2,4,6-8,12H,3,5,9-11,17H2. The molecule has 2 N–H and O–H groups in total. The number of fused-ring (bicyclic) bond motifs is 1. The van der Waals surface area contributed by atoms with Crippen LogP contribution >= 0.6 is 0 Å². The maximum absolute atomic E-state index is 11.8. The van der Waals surface area contributed by atoms with E-state index >= 15 is 0 Å². The lowest BCUT2D eigenvalue weighted by Gasteiger charge is -2.31. The van der Waals surface area contributed by atoms with Crippen molar-refractivity contribution < 1.29 is 0 Å². The smallest absolute Gasteiger partial charge is 0.250 e. The van der Waals surface area contributed by atoms with Gasteiger partial charge in [0.05, 0.1) is 0 Å². The van der Waals surface area contributed by atoms with Gasteiger partial charge in [-0.15, -0.1) is 0 Å². The van der Waals surface area contributed by atoms with E-state index in [1.807, 2.05) is 0 Å². The van der Waals surface area contributed by atoms with Crippen LogP contribution in [0.4, 0.5) is 11.4 Å². The van der Waals surface area contributed by atoms with Crippen LogP contribution in [0.15, 0.2) is 47.4 Å². The van der Waals surface area contributed by atoms with Gasteiger partial charge in [0.25, 0.3) is 5.56 Å². The predicted octanol–water partition coefficient (Wildman–Crippen LogP) is 1.88. The minimum Gasteiger partial charge on any atom is -0.398 e. The molecule has 2 heterocycles. The van der Waals surface area contributed by atoms with Gasteiger partial charge in [-0.05, 0) is 30.5 Å². The predicted molar refractivity (Wildman–Crippen MR) is 82.1 cm³/mol. The zero-order chi connectivity index (χ0) is 13.9. The first-order chi connectivity index (χ1) is 9.74. The van der Waals surface area contributed by atoms with Crippen LogP contribution in [0.5, 0.6) is 0 Å². The molecule has 0 saturated carbocycles. The molecule has 0 amide bonds. The molecule has 4 nitrogen and oxygen atoms in total. The molecule has 3 rings (SSSR count). The van der Waals surface area contributed by atoms with Gasteiger partial charge in [0.2, 0.25) is 0 Å². The van der Waals surface area contributed by atoms with E-state index in [0.29, 0.717) is 12.2 Å². The van der Waals surface area contributed by atoms with Crippen molar-refractivity contribution in [3.8, 4) is 0 Å². The van der Waals surface area contributed by atoms with E-state index in [0.717, 1.165) is 19.5 Å². The van der Waals surface area contributed by atoms with Gasteiger partial charge in [0.1, 0.15) is 0 Å². The molecule has 2 aromatic rings. The third-order valence-corrected chi connectivity index (χ3v) is 3.82. The number of hydrogen-bond acceptors (Lipinski definition) is 3. The van der Waals surface area contributed by atoms with Crippen LogP contribution in [0.1, 0.15) is 12.0 Å². The van der Waals surface area contributed by atoms with E-state index in [2.05, 4.69) is 29.2 Å². The fourth-order valence-corrected chi connectivity index (χ4v) is 2.80. The molecular formula is C16H19N3O. The molecule has 0 radical (unpaired) electrons. The maximum atomic E-state index is 11.8. The van der Waals surface area contributed by atoms with Crippen LogP contribution in [0.2, 0.25) is 0 Å². The van der Waals surface area contributed by atoms with Gasteiger partial charge in [0, 0.05) is 43.3 Å². The highest BCUT2D eigenvalue weighted by molar-refractivity contribution is 5.55. The summed E-state index contributed by atoms with van der Waals surface area (Å²) in [6.07, 6.45) is 4.03. The van der Waals surface area contributed by atoms with E-state index in [1.165, 1.54) is 23.7 Å². The number of benzene rings is 1. The van der Waals surface area contributed by atoms with E-state index in [9.17, 15) is 4.79 Å². The first-order valence-electron chi connectivity index (χ1n) is 7.03. The molecule has 0 saturated heterocycles. The molecule has 0 spiro atoms. The van der Waals surface area contributed by atoms with Crippen molar-refractivity contribution in [1.82, 2.24) is 4.57 Å². The highest BCUT2D eigenvalue weighted by atomic mass is 16.1. The number of nitrogen functional groups attached to an aromatic ring is 1. The summed E-state index contributed by atoms with van der Waals surface area (Å²) >= 11 is 0. The van der Waals surface area contributed by atoms with Crippen LogP contribution in [0, 0.1) is 0 Å². The van der Waals surface area contributed by atoms with Crippen LogP contribution in [-0.2, 0) is 13.0 Å². The number of hydrogen-bond donors (Lipinski definition) is 1. The van der Waals surface area contributed by atoms with Crippen LogP contribution in [-0.4, -0.2) is 17.7 Å². The Morgan fingerprint density at radius 1 is 1.10 bits per heavy atom. The lowest BCUT2D eigenvalue weighted by atomic mass is 10.0. The average molecular weight is 269 g/mol. The number of anilines is 2. The normalized spacial score (nSPS) is 14.1. The molecule has 0 aliphatic carbocycles. The van der Waals surface area contributed by atoms with E-state index in [-0.39, 0.29) is 5.56 Å². The zero-order valence-electron chi connectivity index (χ0n) is 11.5. The SMILES string of the molecule is Nc1ccc(=O)n(CCN2CCCc3ccccc32)c1. The van der Waals surface area contributed by atoms with Gasteiger partial charge < -0.3 is 15.2 Å². The molecule has 1 aromatic heterocycles. The largest absolute Gasteiger partial charge is 0.398 e. The lowest BCUT2D eigenvalue weighted by Crippen LogP contribution is -2.34. The van der Waals surface area contributed by atoms with Crippen molar-refractivity contribution in [2.24, 2.45) is 0 Å². The van der Waals surface area contributed by atoms with Gasteiger partial charge >= 0.3 is 0 Å². The van der Waals surface area contributed by atoms with E-state index in [4.69, 9.17) is 5.73 Å². The number of para-hydroxylation sites is 1. The molecule has 0 fully saturated rings. The lowest BCUT2D eigenvalue weighted by molar-refractivity contribution is 0.611. The molecule has 4 heteroatoms. The monoisotopic (exact) mass is 269 g/mol. The number of rotatable bonds is 3. The first kappa shape index (κ1) is 12.8. The first-order valence-corrected chi connectivity index (χ1v) is 7.03. The van der Waals surface area contributed by atoms with Crippen molar-refractivity contribution in [2.45, 2.75) is 19.4 Å². The maximum Gasteiger partial charge on any atom is 0.250 e. The van der Waals surface area contributed by atoms with Crippen molar-refractivity contribution in [3.05, 3.63) is 58.5 Å². The van der Waals surface area contributed by atoms with Crippen LogP contribution < -0.4 is 16.2 Å². The topological polar surface area (TPSA) is 51.3 Å². The highest BCUT2D eigenvalue weighted by Crippen LogP contribution is 2.26. The summed E-state index contributed by atoms with van der Waals surface area (Å²) in [4.78, 5) is 14.1. The third kappa shape index (κ3) is 2.54. The Morgan fingerprint density at radius 2 is 1.95 bits per heavy atom. The van der Waals surface area contributed by atoms with Crippen LogP contribution in [0.3, 0.4) is 0 Å². The van der Waals surface area contributed by atoms with Crippen molar-refractivity contribution in [1.29, 1.82) is 0 Å². The highest BCUT2D eigenvalue weighted by Gasteiger charge is 2.15. The number of nitrogens with two attached hydrogens (primary N) is 1. The summed E-state index contributed by atoms with van der Waals surface area (Å²) in [7, 11) is 0. The summed E-state index contributed by atoms with van der Waals surface area (Å²) in [6, 6.07) is 11.7. The molecule has 0 bridgehead atoms. The summed E-state index contributed by atoms with van der Waals surface area (Å²) in [5.74, 6) is 0. The van der Waals surface area contributed by atoms with Gasteiger partial charge in [-0.25, -0.2) is 0 Å². The summed E-state index contributed by atoms with van der Waals surface area (Å²) < 4.78 is 1.69. The van der Waals surface area contributed by atoms with E-state index < -0.39 is 0 Å².